The van der Waals surface area contributed by atoms with Crippen molar-refractivity contribution in [3.05, 3.63) is 24.5 Å². The number of aromatic nitrogens is 2. The van der Waals surface area contributed by atoms with Gasteiger partial charge in [-0.15, -0.1) is 0 Å². The highest BCUT2D eigenvalue weighted by molar-refractivity contribution is 5.89. The SMILES string of the molecule is O[C@]12CC3C[C@H](C1)[C@H](Nc1ccnc4[nH]ccc14)C3C2. The fourth-order valence-electron chi connectivity index (χ4n) is 5.25. The maximum Gasteiger partial charge on any atom is 0.139 e. The molecule has 0 aliphatic heterocycles. The van der Waals surface area contributed by atoms with Gasteiger partial charge >= 0.3 is 0 Å². The molecule has 4 bridgehead atoms. The average molecular weight is 269 g/mol. The Balaban J connectivity index is 1.50. The van der Waals surface area contributed by atoms with E-state index < -0.39 is 0 Å². The molecule has 2 unspecified atom stereocenters. The molecule has 0 spiro atoms. The van der Waals surface area contributed by atoms with Crippen molar-refractivity contribution in [2.45, 2.75) is 37.3 Å². The third-order valence-corrected chi connectivity index (χ3v) is 5.86. The van der Waals surface area contributed by atoms with Gasteiger partial charge < -0.3 is 15.4 Å². The molecule has 4 aliphatic carbocycles. The van der Waals surface area contributed by atoms with Crippen LogP contribution >= 0.6 is 0 Å². The van der Waals surface area contributed by atoms with Gasteiger partial charge in [0, 0.05) is 29.5 Å². The van der Waals surface area contributed by atoms with Gasteiger partial charge in [-0.05, 0) is 55.6 Å². The summed E-state index contributed by atoms with van der Waals surface area (Å²) in [4.78, 5) is 7.51. The quantitative estimate of drug-likeness (QED) is 0.785. The van der Waals surface area contributed by atoms with E-state index in [1.165, 1.54) is 17.5 Å². The van der Waals surface area contributed by atoms with Crippen molar-refractivity contribution < 1.29 is 5.11 Å². The minimum atomic E-state index is -0.335. The topological polar surface area (TPSA) is 60.9 Å². The molecule has 0 radical (unpaired) electrons. The Labute approximate surface area is 117 Å². The fraction of sp³-hybridized carbons (Fsp3) is 0.562. The normalized spacial score (nSPS) is 41.6. The number of rotatable bonds is 2. The Morgan fingerprint density at radius 2 is 2.15 bits per heavy atom. The summed E-state index contributed by atoms with van der Waals surface area (Å²) in [6.45, 7) is 0. The van der Waals surface area contributed by atoms with Crippen LogP contribution in [-0.2, 0) is 0 Å². The summed E-state index contributed by atoms with van der Waals surface area (Å²) in [5.74, 6) is 2.03. The zero-order valence-electron chi connectivity index (χ0n) is 11.3. The number of aromatic amines is 1. The van der Waals surface area contributed by atoms with Crippen LogP contribution in [0.5, 0.6) is 0 Å². The fourth-order valence-corrected chi connectivity index (χ4v) is 5.25. The van der Waals surface area contributed by atoms with Crippen molar-refractivity contribution in [2.75, 3.05) is 5.32 Å². The van der Waals surface area contributed by atoms with E-state index in [2.05, 4.69) is 27.4 Å². The monoisotopic (exact) mass is 269 g/mol. The highest BCUT2D eigenvalue weighted by Crippen LogP contribution is 2.60. The van der Waals surface area contributed by atoms with E-state index in [0.29, 0.717) is 17.9 Å². The maximum atomic E-state index is 10.5. The number of pyridine rings is 1. The van der Waals surface area contributed by atoms with Gasteiger partial charge in [0.1, 0.15) is 5.65 Å². The molecular formula is C16H19N3O. The number of fused-ring (bicyclic) bond motifs is 1. The molecule has 4 fully saturated rings. The maximum absolute atomic E-state index is 10.5. The molecule has 2 aromatic heterocycles. The van der Waals surface area contributed by atoms with Crippen LogP contribution in [0.3, 0.4) is 0 Å². The molecule has 20 heavy (non-hydrogen) atoms. The third kappa shape index (κ3) is 1.37. The minimum Gasteiger partial charge on any atom is -0.390 e. The number of nitrogens with one attached hydrogen (secondary N) is 2. The van der Waals surface area contributed by atoms with Gasteiger partial charge in [0.15, 0.2) is 0 Å². The van der Waals surface area contributed by atoms with Crippen LogP contribution in [-0.4, -0.2) is 26.7 Å². The molecule has 0 amide bonds. The molecule has 4 heteroatoms. The molecule has 0 aromatic carbocycles. The van der Waals surface area contributed by atoms with Gasteiger partial charge in [0.2, 0.25) is 0 Å². The Morgan fingerprint density at radius 1 is 1.25 bits per heavy atom. The summed E-state index contributed by atoms with van der Waals surface area (Å²) >= 11 is 0. The van der Waals surface area contributed by atoms with E-state index in [9.17, 15) is 5.11 Å². The average Bonchev–Trinajstić information content (AvgIpc) is 3.03. The first-order chi connectivity index (χ1) is 9.72. The second kappa shape index (κ2) is 3.55. The lowest BCUT2D eigenvalue weighted by atomic mass is 9.76. The van der Waals surface area contributed by atoms with Crippen molar-refractivity contribution in [3.63, 3.8) is 0 Å². The summed E-state index contributed by atoms with van der Waals surface area (Å²) in [5.41, 5.74) is 1.79. The van der Waals surface area contributed by atoms with Crippen LogP contribution in [0.2, 0.25) is 0 Å². The predicted molar refractivity (Wildman–Crippen MR) is 77.4 cm³/mol. The first-order valence-corrected chi connectivity index (χ1v) is 7.63. The Kier molecular flexibility index (Phi) is 1.98. The van der Waals surface area contributed by atoms with E-state index in [1.54, 1.807) is 0 Å². The number of hydrogen-bond donors (Lipinski definition) is 3. The van der Waals surface area contributed by atoms with Crippen molar-refractivity contribution in [3.8, 4) is 0 Å². The van der Waals surface area contributed by atoms with Gasteiger partial charge in [-0.1, -0.05) is 0 Å². The second-order valence-corrected chi connectivity index (χ2v) is 7.03. The van der Waals surface area contributed by atoms with Gasteiger partial charge in [-0.3, -0.25) is 0 Å². The standard InChI is InChI=1S/C16H19N3O/c20-16-6-9-5-10(7-16)14(12(9)8-16)19-13-2-4-18-15-11(13)1-3-17-15/h1-4,9-10,12,14,20H,5-8H2,(H2,17,18,19)/t9?,10-,12?,14+,16-/m1/s1. The number of anilines is 1. The second-order valence-electron chi connectivity index (χ2n) is 7.03. The molecular weight excluding hydrogens is 250 g/mol. The van der Waals surface area contributed by atoms with Crippen LogP contribution in [0.4, 0.5) is 5.69 Å². The number of aliphatic hydroxyl groups is 1. The van der Waals surface area contributed by atoms with E-state index in [1.807, 2.05) is 12.4 Å². The summed E-state index contributed by atoms with van der Waals surface area (Å²) < 4.78 is 0. The van der Waals surface area contributed by atoms with Gasteiger partial charge in [0.05, 0.1) is 5.60 Å². The van der Waals surface area contributed by atoms with Gasteiger partial charge in [0.25, 0.3) is 0 Å². The largest absolute Gasteiger partial charge is 0.390 e. The Bertz CT molecular complexity index is 677. The van der Waals surface area contributed by atoms with Crippen LogP contribution in [0.1, 0.15) is 25.7 Å². The molecule has 6 rings (SSSR count). The van der Waals surface area contributed by atoms with Crippen molar-refractivity contribution in [1.29, 1.82) is 0 Å². The summed E-state index contributed by atoms with van der Waals surface area (Å²) in [6, 6.07) is 4.69. The van der Waals surface area contributed by atoms with Crippen molar-refractivity contribution in [1.82, 2.24) is 9.97 Å². The zero-order chi connectivity index (χ0) is 13.3. The lowest BCUT2D eigenvalue weighted by Gasteiger charge is -2.38. The van der Waals surface area contributed by atoms with Crippen LogP contribution in [0, 0.1) is 17.8 Å². The molecule has 0 saturated heterocycles. The molecule has 104 valence electrons. The molecule has 3 N–H and O–H groups in total. The molecule has 5 atom stereocenters. The summed E-state index contributed by atoms with van der Waals surface area (Å²) in [7, 11) is 0. The Hall–Kier alpha value is -1.55. The van der Waals surface area contributed by atoms with Crippen LogP contribution in [0.15, 0.2) is 24.5 Å². The minimum absolute atomic E-state index is 0.335. The van der Waals surface area contributed by atoms with E-state index >= 15 is 0 Å². The molecule has 4 aliphatic rings. The highest BCUT2D eigenvalue weighted by Gasteiger charge is 2.60. The van der Waals surface area contributed by atoms with Crippen LogP contribution < -0.4 is 5.32 Å². The first kappa shape index (κ1) is 11.1. The van der Waals surface area contributed by atoms with Crippen LogP contribution in [0.25, 0.3) is 11.0 Å². The van der Waals surface area contributed by atoms with E-state index in [0.717, 1.165) is 30.8 Å². The van der Waals surface area contributed by atoms with Gasteiger partial charge in [-0.2, -0.15) is 0 Å². The zero-order valence-corrected chi connectivity index (χ0v) is 11.3. The summed E-state index contributed by atoms with van der Waals surface area (Å²) in [5, 5.41) is 15.4. The smallest absolute Gasteiger partial charge is 0.139 e. The lowest BCUT2D eigenvalue weighted by molar-refractivity contribution is -0.0139. The highest BCUT2D eigenvalue weighted by atomic mass is 16.3. The summed E-state index contributed by atoms with van der Waals surface area (Å²) in [6.07, 6.45) is 8.11. The Morgan fingerprint density at radius 3 is 3.05 bits per heavy atom. The van der Waals surface area contributed by atoms with Gasteiger partial charge in [-0.25, -0.2) is 4.98 Å². The van der Waals surface area contributed by atoms with E-state index in [4.69, 9.17) is 0 Å². The molecule has 2 heterocycles. The molecule has 2 aromatic rings. The van der Waals surface area contributed by atoms with Crippen molar-refractivity contribution >= 4 is 16.7 Å². The molecule has 4 saturated carbocycles. The van der Waals surface area contributed by atoms with Crippen molar-refractivity contribution in [2.24, 2.45) is 17.8 Å². The predicted octanol–water partition coefficient (Wildman–Crippen LogP) is 2.52. The third-order valence-electron chi connectivity index (χ3n) is 5.86. The number of nitrogens with zero attached hydrogens (tertiary/aromatic N) is 1. The lowest BCUT2D eigenvalue weighted by Crippen LogP contribution is -2.42. The molecule has 4 nitrogen and oxygen atoms in total. The first-order valence-electron chi connectivity index (χ1n) is 7.63. The number of H-pyrrole nitrogens is 1. The number of hydrogen-bond acceptors (Lipinski definition) is 3. The van der Waals surface area contributed by atoms with E-state index in [-0.39, 0.29) is 5.60 Å².